The van der Waals surface area contributed by atoms with Crippen LogP contribution in [-0.2, 0) is 7.05 Å². The van der Waals surface area contributed by atoms with E-state index in [4.69, 9.17) is 4.74 Å². The van der Waals surface area contributed by atoms with Crippen LogP contribution in [0, 0.1) is 0 Å². The van der Waals surface area contributed by atoms with Gasteiger partial charge in [0.15, 0.2) is 5.82 Å². The summed E-state index contributed by atoms with van der Waals surface area (Å²) in [6.07, 6.45) is 0. The number of aryl methyl sites for hydroxylation is 1. The Hall–Kier alpha value is -3.12. The Morgan fingerprint density at radius 2 is 1.96 bits per heavy atom. The van der Waals surface area contributed by atoms with Crippen molar-refractivity contribution in [1.82, 2.24) is 9.55 Å². The van der Waals surface area contributed by atoms with Crippen molar-refractivity contribution in [3.8, 4) is 16.5 Å². The molecule has 4 aromatic rings. The Balaban J connectivity index is 1.60. The van der Waals surface area contributed by atoms with Crippen LogP contribution in [0.5, 0.6) is 5.75 Å². The number of amides is 1. The molecule has 2 heterocycles. The van der Waals surface area contributed by atoms with Gasteiger partial charge in [0.05, 0.1) is 27.9 Å². The Morgan fingerprint density at radius 1 is 1.12 bits per heavy atom. The quantitative estimate of drug-likeness (QED) is 0.578. The van der Waals surface area contributed by atoms with E-state index < -0.39 is 0 Å². The number of imidazole rings is 1. The summed E-state index contributed by atoms with van der Waals surface area (Å²) >= 11 is 1.43. The van der Waals surface area contributed by atoms with Gasteiger partial charge in [0.25, 0.3) is 5.91 Å². The zero-order valence-electron chi connectivity index (χ0n) is 14.4. The van der Waals surface area contributed by atoms with Crippen molar-refractivity contribution in [3.05, 3.63) is 65.5 Å². The molecule has 0 aliphatic rings. The number of hydrogen-bond acceptors (Lipinski definition) is 4. The maximum atomic E-state index is 12.5. The van der Waals surface area contributed by atoms with E-state index >= 15 is 0 Å². The van der Waals surface area contributed by atoms with E-state index in [1.807, 2.05) is 66.2 Å². The lowest BCUT2D eigenvalue weighted by Gasteiger charge is -2.05. The monoisotopic (exact) mass is 363 g/mol. The van der Waals surface area contributed by atoms with Gasteiger partial charge in [0.2, 0.25) is 0 Å². The highest BCUT2D eigenvalue weighted by Gasteiger charge is 2.15. The molecule has 0 bridgehead atoms. The molecule has 0 spiro atoms. The first-order chi connectivity index (χ1) is 12.7. The molecule has 2 aromatic heterocycles. The zero-order valence-corrected chi connectivity index (χ0v) is 15.2. The number of benzene rings is 2. The molecule has 4 rings (SSSR count). The van der Waals surface area contributed by atoms with E-state index in [0.29, 0.717) is 16.3 Å². The number of fused-ring (bicyclic) bond motifs is 1. The van der Waals surface area contributed by atoms with Gasteiger partial charge in [-0.15, -0.1) is 11.3 Å². The number of methoxy groups -OCH3 is 1. The van der Waals surface area contributed by atoms with Crippen LogP contribution >= 0.6 is 11.3 Å². The predicted octanol–water partition coefficient (Wildman–Crippen LogP) is 4.56. The lowest BCUT2D eigenvalue weighted by molar-refractivity contribution is 0.103. The van der Waals surface area contributed by atoms with Crippen molar-refractivity contribution in [2.45, 2.75) is 0 Å². The molecule has 0 aliphatic heterocycles. The third-order valence-electron chi connectivity index (χ3n) is 4.16. The number of carbonyl (C=O) groups is 1. The summed E-state index contributed by atoms with van der Waals surface area (Å²) in [6.45, 7) is 0. The van der Waals surface area contributed by atoms with E-state index in [0.717, 1.165) is 21.7 Å². The lowest BCUT2D eigenvalue weighted by Crippen LogP contribution is -2.09. The number of para-hydroxylation sites is 2. The fourth-order valence-electron chi connectivity index (χ4n) is 2.84. The van der Waals surface area contributed by atoms with E-state index in [9.17, 15) is 4.79 Å². The number of rotatable bonds is 4. The Labute approximate surface area is 154 Å². The molecule has 0 fully saturated rings. The molecular formula is C20H17N3O2S. The molecular weight excluding hydrogens is 346 g/mol. The summed E-state index contributed by atoms with van der Waals surface area (Å²) in [7, 11) is 3.59. The third kappa shape index (κ3) is 2.95. The number of ether oxygens (including phenoxy) is 1. The standard InChI is InChI=1S/C20H17N3O2S/c1-23-16-9-4-3-8-15(16)22-19(23)17-10-11-18(26-17)20(24)21-13-6-5-7-14(12-13)25-2/h3-12H,1-2H3,(H,21,24). The minimum absolute atomic E-state index is 0.145. The SMILES string of the molecule is COc1cccc(NC(=O)c2ccc(-c3nc4ccccc4n3C)s2)c1. The summed E-state index contributed by atoms with van der Waals surface area (Å²) < 4.78 is 7.23. The summed E-state index contributed by atoms with van der Waals surface area (Å²) in [5, 5.41) is 2.90. The molecule has 0 unspecified atom stereocenters. The largest absolute Gasteiger partial charge is 0.497 e. The number of anilines is 1. The van der Waals surface area contributed by atoms with E-state index in [1.165, 1.54) is 11.3 Å². The Kier molecular flexibility index (Phi) is 4.18. The maximum absolute atomic E-state index is 12.5. The highest BCUT2D eigenvalue weighted by molar-refractivity contribution is 7.17. The van der Waals surface area contributed by atoms with Gasteiger partial charge in [-0.3, -0.25) is 4.79 Å². The van der Waals surface area contributed by atoms with Crippen LogP contribution in [0.1, 0.15) is 9.67 Å². The van der Waals surface area contributed by atoms with Crippen LogP contribution in [0.3, 0.4) is 0 Å². The van der Waals surface area contributed by atoms with Crippen molar-refractivity contribution < 1.29 is 9.53 Å². The summed E-state index contributed by atoms with van der Waals surface area (Å²) in [4.78, 5) is 18.8. The highest BCUT2D eigenvalue weighted by Crippen LogP contribution is 2.30. The van der Waals surface area contributed by atoms with Crippen molar-refractivity contribution in [2.75, 3.05) is 12.4 Å². The van der Waals surface area contributed by atoms with Gasteiger partial charge in [-0.05, 0) is 36.4 Å². The number of thiophene rings is 1. The molecule has 2 aromatic carbocycles. The topological polar surface area (TPSA) is 56.1 Å². The second-order valence-electron chi connectivity index (χ2n) is 5.83. The van der Waals surface area contributed by atoms with E-state index in [1.54, 1.807) is 13.2 Å². The number of carbonyl (C=O) groups excluding carboxylic acids is 1. The molecule has 0 radical (unpaired) electrons. The number of nitrogens with zero attached hydrogens (tertiary/aromatic N) is 2. The second kappa shape index (κ2) is 6.65. The molecule has 0 saturated carbocycles. The van der Waals surface area contributed by atoms with Crippen LogP contribution in [0.4, 0.5) is 5.69 Å². The molecule has 1 N–H and O–H groups in total. The van der Waals surface area contributed by atoms with Gasteiger partial charge in [-0.25, -0.2) is 4.98 Å². The van der Waals surface area contributed by atoms with Crippen molar-refractivity contribution in [1.29, 1.82) is 0 Å². The minimum atomic E-state index is -0.145. The van der Waals surface area contributed by atoms with Crippen molar-refractivity contribution in [2.24, 2.45) is 7.05 Å². The third-order valence-corrected chi connectivity index (χ3v) is 5.24. The van der Waals surface area contributed by atoms with Crippen LogP contribution < -0.4 is 10.1 Å². The van der Waals surface area contributed by atoms with Crippen molar-refractivity contribution in [3.63, 3.8) is 0 Å². The van der Waals surface area contributed by atoms with Crippen LogP contribution in [0.2, 0.25) is 0 Å². The second-order valence-corrected chi connectivity index (χ2v) is 6.92. The van der Waals surface area contributed by atoms with Crippen LogP contribution in [0.15, 0.2) is 60.7 Å². The van der Waals surface area contributed by atoms with Gasteiger partial charge in [0, 0.05) is 18.8 Å². The number of hydrogen-bond donors (Lipinski definition) is 1. The first-order valence-corrected chi connectivity index (χ1v) is 8.94. The number of nitrogens with one attached hydrogen (secondary N) is 1. The highest BCUT2D eigenvalue weighted by atomic mass is 32.1. The molecule has 5 nitrogen and oxygen atoms in total. The number of aromatic nitrogens is 2. The lowest BCUT2D eigenvalue weighted by atomic mass is 10.3. The molecule has 1 amide bonds. The van der Waals surface area contributed by atoms with Gasteiger partial charge in [-0.1, -0.05) is 18.2 Å². The molecule has 130 valence electrons. The molecule has 0 saturated heterocycles. The predicted molar refractivity (Wildman–Crippen MR) is 105 cm³/mol. The summed E-state index contributed by atoms with van der Waals surface area (Å²) in [6, 6.07) is 19.1. The first-order valence-electron chi connectivity index (χ1n) is 8.13. The minimum Gasteiger partial charge on any atom is -0.497 e. The van der Waals surface area contributed by atoms with Gasteiger partial charge < -0.3 is 14.6 Å². The first kappa shape index (κ1) is 16.4. The summed E-state index contributed by atoms with van der Waals surface area (Å²) in [5.41, 5.74) is 2.71. The zero-order chi connectivity index (χ0) is 18.1. The Bertz CT molecular complexity index is 1100. The summed E-state index contributed by atoms with van der Waals surface area (Å²) in [5.74, 6) is 1.42. The average Bonchev–Trinajstić information content (AvgIpc) is 3.27. The van der Waals surface area contributed by atoms with Gasteiger partial charge in [0.1, 0.15) is 5.75 Å². The fourth-order valence-corrected chi connectivity index (χ4v) is 3.77. The van der Waals surface area contributed by atoms with Gasteiger partial charge >= 0.3 is 0 Å². The van der Waals surface area contributed by atoms with E-state index in [-0.39, 0.29) is 5.91 Å². The van der Waals surface area contributed by atoms with Crippen LogP contribution in [0.25, 0.3) is 21.7 Å². The molecule has 0 atom stereocenters. The average molecular weight is 363 g/mol. The molecule has 0 aliphatic carbocycles. The Morgan fingerprint density at radius 3 is 2.77 bits per heavy atom. The van der Waals surface area contributed by atoms with Crippen LogP contribution in [-0.4, -0.2) is 22.6 Å². The normalized spacial score (nSPS) is 10.8. The molecule has 26 heavy (non-hydrogen) atoms. The molecule has 6 heteroatoms. The maximum Gasteiger partial charge on any atom is 0.265 e. The smallest absolute Gasteiger partial charge is 0.265 e. The van der Waals surface area contributed by atoms with E-state index in [2.05, 4.69) is 10.3 Å². The van der Waals surface area contributed by atoms with Gasteiger partial charge in [-0.2, -0.15) is 0 Å². The fraction of sp³-hybridized carbons (Fsp3) is 0.100. The van der Waals surface area contributed by atoms with Crippen molar-refractivity contribution >= 4 is 34.0 Å².